The molecule has 0 atom stereocenters. The lowest BCUT2D eigenvalue weighted by Gasteiger charge is -2.28. The van der Waals surface area contributed by atoms with E-state index in [4.69, 9.17) is 0 Å². The van der Waals surface area contributed by atoms with Gasteiger partial charge >= 0.3 is 0 Å². The highest BCUT2D eigenvalue weighted by Crippen LogP contribution is 2.55. The molecule has 0 heterocycles. The first-order chi connectivity index (χ1) is 11.3. The molecule has 3 aromatic rings. The van der Waals surface area contributed by atoms with Crippen molar-refractivity contribution >= 4 is 23.2 Å². The van der Waals surface area contributed by atoms with E-state index in [-0.39, 0.29) is 0 Å². The SMILES string of the molecule is CCc1ccccc1[P+](CC)(c1ccccc1)c1ccccc1. The van der Waals surface area contributed by atoms with Gasteiger partial charge in [0.15, 0.2) is 0 Å². The number of aryl methyl sites for hydroxylation is 1. The Kier molecular flexibility index (Phi) is 4.94. The fraction of sp³-hybridized carbons (Fsp3) is 0.182. The van der Waals surface area contributed by atoms with Crippen LogP contribution in [0.25, 0.3) is 0 Å². The van der Waals surface area contributed by atoms with E-state index in [1.54, 1.807) is 5.30 Å². The van der Waals surface area contributed by atoms with E-state index in [9.17, 15) is 0 Å². The van der Waals surface area contributed by atoms with Gasteiger partial charge in [-0.1, -0.05) is 61.5 Å². The minimum atomic E-state index is -1.59. The van der Waals surface area contributed by atoms with E-state index in [0.29, 0.717) is 0 Å². The quantitative estimate of drug-likeness (QED) is 0.605. The number of hydrogen-bond donors (Lipinski definition) is 0. The summed E-state index contributed by atoms with van der Waals surface area (Å²) >= 11 is 0. The molecule has 3 aromatic carbocycles. The van der Waals surface area contributed by atoms with Gasteiger partial charge in [0.1, 0.15) is 23.2 Å². The summed E-state index contributed by atoms with van der Waals surface area (Å²) in [6, 6.07) is 31.2. The van der Waals surface area contributed by atoms with Crippen molar-refractivity contribution < 1.29 is 0 Å². The van der Waals surface area contributed by atoms with Crippen molar-refractivity contribution in [2.75, 3.05) is 6.16 Å². The molecule has 0 nitrogen and oxygen atoms in total. The van der Waals surface area contributed by atoms with Crippen LogP contribution in [0.3, 0.4) is 0 Å². The van der Waals surface area contributed by atoms with Gasteiger partial charge in [-0.25, -0.2) is 0 Å². The first-order valence-electron chi connectivity index (χ1n) is 8.40. The Balaban J connectivity index is 2.34. The maximum absolute atomic E-state index is 2.36. The fourth-order valence-corrected chi connectivity index (χ4v) is 7.86. The van der Waals surface area contributed by atoms with Gasteiger partial charge in [-0.05, 0) is 49.2 Å². The van der Waals surface area contributed by atoms with Crippen molar-refractivity contribution in [1.82, 2.24) is 0 Å². The summed E-state index contributed by atoms with van der Waals surface area (Å²) < 4.78 is 0. The standard InChI is InChI=1S/C22H24P/c1-3-19-13-11-12-18-22(19)23(4-2,20-14-7-5-8-15-20)21-16-9-6-10-17-21/h5-18H,3-4H2,1-2H3/q+1. The Bertz CT molecular complexity index is 708. The molecule has 0 unspecified atom stereocenters. The minimum Gasteiger partial charge on any atom is -0.0620 e. The molecule has 3 rings (SSSR count). The zero-order valence-corrected chi connectivity index (χ0v) is 14.8. The predicted molar refractivity (Wildman–Crippen MR) is 105 cm³/mol. The van der Waals surface area contributed by atoms with Crippen LogP contribution in [0, 0.1) is 0 Å². The largest absolute Gasteiger partial charge is 0.112 e. The zero-order chi connectivity index (χ0) is 16.1. The van der Waals surface area contributed by atoms with Gasteiger partial charge in [-0.15, -0.1) is 0 Å². The Labute approximate surface area is 140 Å². The summed E-state index contributed by atoms with van der Waals surface area (Å²) in [5, 5.41) is 4.51. The van der Waals surface area contributed by atoms with Crippen molar-refractivity contribution in [1.29, 1.82) is 0 Å². The van der Waals surface area contributed by atoms with Crippen LogP contribution in [-0.2, 0) is 6.42 Å². The lowest BCUT2D eigenvalue weighted by molar-refractivity contribution is 1.15. The molecule has 0 aliphatic heterocycles. The van der Waals surface area contributed by atoms with E-state index in [1.165, 1.54) is 16.2 Å². The van der Waals surface area contributed by atoms with Crippen LogP contribution in [0.4, 0.5) is 0 Å². The smallest absolute Gasteiger partial charge is 0.0620 e. The lowest BCUT2D eigenvalue weighted by atomic mass is 10.2. The summed E-state index contributed by atoms with van der Waals surface area (Å²) in [5.74, 6) is 0. The highest BCUT2D eigenvalue weighted by molar-refractivity contribution is 7.95. The third kappa shape index (κ3) is 2.84. The molecule has 0 bridgehead atoms. The van der Waals surface area contributed by atoms with E-state index in [0.717, 1.165) is 12.6 Å². The summed E-state index contributed by atoms with van der Waals surface area (Å²) in [4.78, 5) is 0. The molecule has 0 fully saturated rings. The van der Waals surface area contributed by atoms with Crippen molar-refractivity contribution in [3.8, 4) is 0 Å². The molecule has 0 aromatic heterocycles. The van der Waals surface area contributed by atoms with Gasteiger partial charge in [0.25, 0.3) is 0 Å². The molecule has 0 aliphatic rings. The van der Waals surface area contributed by atoms with Crippen molar-refractivity contribution in [3.05, 3.63) is 90.5 Å². The molecular formula is C22H24P+. The molecule has 0 aliphatic carbocycles. The molecule has 0 N–H and O–H groups in total. The van der Waals surface area contributed by atoms with Crippen LogP contribution in [0.5, 0.6) is 0 Å². The Morgan fingerprint density at radius 2 is 1.09 bits per heavy atom. The van der Waals surface area contributed by atoms with Gasteiger partial charge in [-0.3, -0.25) is 0 Å². The average molecular weight is 319 g/mol. The van der Waals surface area contributed by atoms with Crippen LogP contribution in [-0.4, -0.2) is 6.16 Å². The summed E-state index contributed by atoms with van der Waals surface area (Å²) in [6.45, 7) is 4.61. The Morgan fingerprint density at radius 1 is 0.609 bits per heavy atom. The molecule has 0 saturated carbocycles. The second-order valence-electron chi connectivity index (χ2n) is 5.78. The predicted octanol–water partition coefficient (Wildman–Crippen LogP) is 4.56. The molecule has 116 valence electrons. The molecular weight excluding hydrogens is 295 g/mol. The van der Waals surface area contributed by atoms with Gasteiger partial charge < -0.3 is 0 Å². The average Bonchev–Trinajstić information content (AvgIpc) is 2.65. The zero-order valence-electron chi connectivity index (χ0n) is 13.9. The molecule has 23 heavy (non-hydrogen) atoms. The minimum absolute atomic E-state index is 1.08. The number of rotatable bonds is 5. The van der Waals surface area contributed by atoms with Gasteiger partial charge in [-0.2, -0.15) is 0 Å². The van der Waals surface area contributed by atoms with E-state index >= 15 is 0 Å². The highest BCUT2D eigenvalue weighted by atomic mass is 31.2. The van der Waals surface area contributed by atoms with Crippen LogP contribution in [0.15, 0.2) is 84.9 Å². The van der Waals surface area contributed by atoms with Crippen molar-refractivity contribution in [3.63, 3.8) is 0 Å². The summed E-state index contributed by atoms with van der Waals surface area (Å²) in [5.41, 5.74) is 1.48. The third-order valence-corrected chi connectivity index (χ3v) is 9.22. The number of benzene rings is 3. The third-order valence-electron chi connectivity index (χ3n) is 4.65. The van der Waals surface area contributed by atoms with E-state index in [2.05, 4.69) is 98.8 Å². The number of hydrogen-bond acceptors (Lipinski definition) is 0. The first kappa shape index (κ1) is 16.0. The second kappa shape index (κ2) is 7.11. The normalized spacial score (nSPS) is 11.4. The summed E-state index contributed by atoms with van der Waals surface area (Å²) in [7, 11) is -1.59. The molecule has 0 amide bonds. The van der Waals surface area contributed by atoms with Gasteiger partial charge in [0.2, 0.25) is 0 Å². The van der Waals surface area contributed by atoms with E-state index in [1.807, 2.05) is 0 Å². The molecule has 1 heteroatoms. The van der Waals surface area contributed by atoms with E-state index < -0.39 is 7.26 Å². The maximum atomic E-state index is 2.36. The van der Waals surface area contributed by atoms with Crippen LogP contribution in [0.2, 0.25) is 0 Å². The topological polar surface area (TPSA) is 0 Å². The monoisotopic (exact) mass is 319 g/mol. The lowest BCUT2D eigenvalue weighted by Crippen LogP contribution is -2.34. The maximum Gasteiger partial charge on any atom is 0.112 e. The van der Waals surface area contributed by atoms with Crippen LogP contribution in [0.1, 0.15) is 19.4 Å². The highest BCUT2D eigenvalue weighted by Gasteiger charge is 2.44. The van der Waals surface area contributed by atoms with Crippen LogP contribution < -0.4 is 15.9 Å². The van der Waals surface area contributed by atoms with Gasteiger partial charge in [0.05, 0.1) is 6.16 Å². The Morgan fingerprint density at radius 3 is 1.57 bits per heavy atom. The fourth-order valence-electron chi connectivity index (χ4n) is 3.51. The van der Waals surface area contributed by atoms with Crippen molar-refractivity contribution in [2.24, 2.45) is 0 Å². The molecule has 0 radical (unpaired) electrons. The molecule has 0 saturated heterocycles. The van der Waals surface area contributed by atoms with Gasteiger partial charge in [0, 0.05) is 0 Å². The Hall–Kier alpha value is -1.91. The summed E-state index contributed by atoms with van der Waals surface area (Å²) in [6.07, 6.45) is 2.23. The first-order valence-corrected chi connectivity index (χ1v) is 10.4. The molecule has 0 spiro atoms. The van der Waals surface area contributed by atoms with Crippen molar-refractivity contribution in [2.45, 2.75) is 20.3 Å². The second-order valence-corrected chi connectivity index (χ2v) is 9.55. The van der Waals surface area contributed by atoms with Crippen LogP contribution >= 0.6 is 7.26 Å².